The summed E-state index contributed by atoms with van der Waals surface area (Å²) in [4.78, 5) is 28.1. The monoisotopic (exact) mass is 174 g/mol. The van der Waals surface area contributed by atoms with Crippen LogP contribution in [0.3, 0.4) is 0 Å². The van der Waals surface area contributed by atoms with Gasteiger partial charge in [-0.05, 0) is 12.1 Å². The van der Waals surface area contributed by atoms with E-state index in [-0.39, 0.29) is 0 Å². The Morgan fingerprint density at radius 1 is 1.23 bits per heavy atom. The summed E-state index contributed by atoms with van der Waals surface area (Å²) in [6.07, 6.45) is 2.79. The quantitative estimate of drug-likeness (QED) is 0.695. The van der Waals surface area contributed by atoms with E-state index in [9.17, 15) is 9.59 Å². The van der Waals surface area contributed by atoms with Gasteiger partial charge < -0.3 is 4.98 Å². The molecular weight excluding hydrogens is 168 g/mol. The van der Waals surface area contributed by atoms with E-state index in [2.05, 4.69) is 9.97 Å². The fourth-order valence-corrected chi connectivity index (χ4v) is 1.27. The summed E-state index contributed by atoms with van der Waals surface area (Å²) in [5.74, 6) is 0. The summed E-state index contributed by atoms with van der Waals surface area (Å²) in [5.41, 5.74) is 2.01. The smallest absolute Gasteiger partial charge is 0.153 e. The Hall–Kier alpha value is -1.97. The molecule has 0 aliphatic carbocycles. The molecule has 0 spiro atoms. The summed E-state index contributed by atoms with van der Waals surface area (Å²) in [6.45, 7) is 0. The lowest BCUT2D eigenvalue weighted by molar-refractivity contribution is 0.109. The third kappa shape index (κ3) is 1.03. The van der Waals surface area contributed by atoms with Crippen LogP contribution in [0.4, 0.5) is 0 Å². The Kier molecular flexibility index (Phi) is 1.66. The predicted molar refractivity (Wildman–Crippen MR) is 46.9 cm³/mol. The van der Waals surface area contributed by atoms with Gasteiger partial charge in [-0.15, -0.1) is 0 Å². The summed E-state index contributed by atoms with van der Waals surface area (Å²) >= 11 is 0. The molecule has 0 saturated carbocycles. The van der Waals surface area contributed by atoms with Crippen LogP contribution in [0.5, 0.6) is 0 Å². The van der Waals surface area contributed by atoms with Gasteiger partial charge in [-0.25, -0.2) is 4.98 Å². The zero-order chi connectivity index (χ0) is 9.26. The average molecular weight is 174 g/mol. The van der Waals surface area contributed by atoms with Crippen molar-refractivity contribution in [2.45, 2.75) is 0 Å². The molecule has 0 unspecified atom stereocenters. The minimum absolute atomic E-state index is 0.341. The van der Waals surface area contributed by atoms with Gasteiger partial charge in [0.1, 0.15) is 0 Å². The maximum Gasteiger partial charge on any atom is 0.153 e. The number of nitrogens with zero attached hydrogens (tertiary/aromatic N) is 1. The summed E-state index contributed by atoms with van der Waals surface area (Å²) in [7, 11) is 0. The van der Waals surface area contributed by atoms with E-state index in [1.807, 2.05) is 0 Å². The minimum Gasteiger partial charge on any atom is -0.345 e. The van der Waals surface area contributed by atoms with E-state index >= 15 is 0 Å². The highest BCUT2D eigenvalue weighted by atomic mass is 16.1. The van der Waals surface area contributed by atoms with Gasteiger partial charge in [0.2, 0.25) is 0 Å². The van der Waals surface area contributed by atoms with E-state index in [1.54, 1.807) is 12.1 Å². The van der Waals surface area contributed by atoms with E-state index in [0.717, 1.165) is 5.52 Å². The largest absolute Gasteiger partial charge is 0.345 e. The summed E-state index contributed by atoms with van der Waals surface area (Å²) in [5, 5.41) is 0. The molecule has 1 heterocycles. The van der Waals surface area contributed by atoms with E-state index in [1.165, 1.54) is 6.33 Å². The summed E-state index contributed by atoms with van der Waals surface area (Å²) < 4.78 is 0. The molecule has 1 N–H and O–H groups in total. The fourth-order valence-electron chi connectivity index (χ4n) is 1.27. The number of benzene rings is 1. The lowest BCUT2D eigenvalue weighted by Crippen LogP contribution is -1.91. The topological polar surface area (TPSA) is 62.8 Å². The molecule has 0 amide bonds. The molecule has 4 nitrogen and oxygen atoms in total. The van der Waals surface area contributed by atoms with Gasteiger partial charge in [0.05, 0.1) is 22.9 Å². The predicted octanol–water partition coefficient (Wildman–Crippen LogP) is 1.19. The van der Waals surface area contributed by atoms with Crippen molar-refractivity contribution in [1.82, 2.24) is 9.97 Å². The Labute approximate surface area is 73.6 Å². The standard InChI is InChI=1S/C9H6N2O2/c12-3-6-1-2-8-9(7(6)4-13)11-5-10-8/h1-5H,(H,10,11). The Morgan fingerprint density at radius 2 is 2.08 bits per heavy atom. The fraction of sp³-hybridized carbons (Fsp3) is 0. The van der Waals surface area contributed by atoms with E-state index < -0.39 is 0 Å². The molecule has 1 aromatic heterocycles. The number of aromatic amines is 1. The van der Waals surface area contributed by atoms with Crippen molar-refractivity contribution >= 4 is 23.6 Å². The van der Waals surface area contributed by atoms with Crippen molar-refractivity contribution in [2.24, 2.45) is 0 Å². The number of imidazole rings is 1. The molecule has 0 bridgehead atoms. The minimum atomic E-state index is 0.341. The molecule has 2 rings (SSSR count). The number of H-pyrrole nitrogens is 1. The van der Waals surface area contributed by atoms with Gasteiger partial charge >= 0.3 is 0 Å². The van der Waals surface area contributed by atoms with Crippen LogP contribution >= 0.6 is 0 Å². The normalized spacial score (nSPS) is 10.2. The first-order chi connectivity index (χ1) is 6.36. The molecular formula is C9H6N2O2. The van der Waals surface area contributed by atoms with Gasteiger partial charge in [-0.1, -0.05) is 0 Å². The van der Waals surface area contributed by atoms with Crippen molar-refractivity contribution in [3.8, 4) is 0 Å². The third-order valence-electron chi connectivity index (χ3n) is 1.91. The highest BCUT2D eigenvalue weighted by molar-refractivity contribution is 6.02. The molecule has 13 heavy (non-hydrogen) atoms. The van der Waals surface area contributed by atoms with Crippen LogP contribution in [0.15, 0.2) is 18.5 Å². The van der Waals surface area contributed by atoms with Gasteiger partial charge in [0.15, 0.2) is 12.6 Å². The zero-order valence-electron chi connectivity index (χ0n) is 6.65. The second-order valence-electron chi connectivity index (χ2n) is 2.60. The molecule has 64 valence electrons. The molecule has 0 fully saturated rings. The zero-order valence-corrected chi connectivity index (χ0v) is 6.65. The van der Waals surface area contributed by atoms with Gasteiger partial charge in [-0.3, -0.25) is 9.59 Å². The van der Waals surface area contributed by atoms with Crippen LogP contribution in [-0.2, 0) is 0 Å². The molecule has 0 radical (unpaired) electrons. The van der Waals surface area contributed by atoms with Gasteiger partial charge in [0, 0.05) is 5.56 Å². The molecule has 1 aromatic carbocycles. The van der Waals surface area contributed by atoms with Crippen molar-refractivity contribution in [2.75, 3.05) is 0 Å². The first-order valence-electron chi connectivity index (χ1n) is 3.73. The van der Waals surface area contributed by atoms with Crippen LogP contribution < -0.4 is 0 Å². The van der Waals surface area contributed by atoms with E-state index in [0.29, 0.717) is 29.2 Å². The molecule has 4 heteroatoms. The van der Waals surface area contributed by atoms with E-state index in [4.69, 9.17) is 0 Å². The Morgan fingerprint density at radius 3 is 2.77 bits per heavy atom. The number of hydrogen-bond acceptors (Lipinski definition) is 3. The number of carbonyl (C=O) groups is 2. The first kappa shape index (κ1) is 7.67. The molecule has 2 aromatic rings. The second-order valence-corrected chi connectivity index (χ2v) is 2.60. The van der Waals surface area contributed by atoms with Crippen molar-refractivity contribution < 1.29 is 9.59 Å². The average Bonchev–Trinajstić information content (AvgIpc) is 2.63. The Balaban J connectivity index is 2.89. The highest BCUT2D eigenvalue weighted by Crippen LogP contribution is 2.16. The number of aromatic nitrogens is 2. The van der Waals surface area contributed by atoms with Crippen LogP contribution in [0.25, 0.3) is 11.0 Å². The SMILES string of the molecule is O=Cc1ccc2[nH]cnc2c1C=O. The van der Waals surface area contributed by atoms with Gasteiger partial charge in [-0.2, -0.15) is 0 Å². The first-order valence-corrected chi connectivity index (χ1v) is 3.73. The maximum absolute atomic E-state index is 10.7. The van der Waals surface area contributed by atoms with Crippen LogP contribution in [-0.4, -0.2) is 22.5 Å². The third-order valence-corrected chi connectivity index (χ3v) is 1.91. The number of fused-ring (bicyclic) bond motifs is 1. The maximum atomic E-state index is 10.7. The van der Waals surface area contributed by atoms with Gasteiger partial charge in [0.25, 0.3) is 0 Å². The number of hydrogen-bond donors (Lipinski definition) is 1. The van der Waals surface area contributed by atoms with Crippen LogP contribution in [0.1, 0.15) is 20.7 Å². The Bertz CT molecular complexity index is 473. The van der Waals surface area contributed by atoms with Crippen molar-refractivity contribution in [3.63, 3.8) is 0 Å². The number of carbonyl (C=O) groups excluding carboxylic acids is 2. The second kappa shape index (κ2) is 2.82. The lowest BCUT2D eigenvalue weighted by Gasteiger charge is -1.96. The van der Waals surface area contributed by atoms with Crippen LogP contribution in [0.2, 0.25) is 0 Å². The molecule has 0 atom stereocenters. The number of nitrogens with one attached hydrogen (secondary N) is 1. The number of aldehydes is 2. The lowest BCUT2D eigenvalue weighted by atomic mass is 10.1. The summed E-state index contributed by atoms with van der Waals surface area (Å²) in [6, 6.07) is 3.32. The molecule has 0 aliphatic rings. The molecule has 0 saturated heterocycles. The highest BCUT2D eigenvalue weighted by Gasteiger charge is 2.07. The van der Waals surface area contributed by atoms with Crippen molar-refractivity contribution in [1.29, 1.82) is 0 Å². The number of rotatable bonds is 2. The molecule has 0 aliphatic heterocycles. The van der Waals surface area contributed by atoms with Crippen LogP contribution in [0, 0.1) is 0 Å². The van der Waals surface area contributed by atoms with Crippen molar-refractivity contribution in [3.05, 3.63) is 29.6 Å².